The molecule has 0 unspecified atom stereocenters. The van der Waals surface area contributed by atoms with E-state index in [-0.39, 0.29) is 5.91 Å². The third-order valence-electron chi connectivity index (χ3n) is 2.16. The Morgan fingerprint density at radius 1 is 1.14 bits per heavy atom. The molecule has 0 bridgehead atoms. The number of hydrogen-bond acceptors (Lipinski definition) is 2. The van der Waals surface area contributed by atoms with Crippen molar-refractivity contribution in [2.75, 3.05) is 0 Å². The molecule has 0 saturated carbocycles. The summed E-state index contributed by atoms with van der Waals surface area (Å²) in [6, 6.07) is 0. The van der Waals surface area contributed by atoms with Crippen molar-refractivity contribution < 1.29 is 9.18 Å². The van der Waals surface area contributed by atoms with Crippen LogP contribution in [0.5, 0.6) is 0 Å². The summed E-state index contributed by atoms with van der Waals surface area (Å²) in [6.07, 6.45) is 8.93. The van der Waals surface area contributed by atoms with Gasteiger partial charge in [0.05, 0.1) is 11.9 Å². The van der Waals surface area contributed by atoms with E-state index in [2.05, 4.69) is 16.8 Å². The van der Waals surface area contributed by atoms with E-state index in [0.717, 1.165) is 12.8 Å². The van der Waals surface area contributed by atoms with Gasteiger partial charge < -0.3 is 0 Å². The number of nitrogens with one attached hydrogen (secondary N) is 1. The van der Waals surface area contributed by atoms with E-state index in [4.69, 9.17) is 11.9 Å². The molecule has 84 valence electrons. The number of amides is 1. The second-order valence-electron chi connectivity index (χ2n) is 3.47. The molecule has 14 heavy (non-hydrogen) atoms. The monoisotopic (exact) mass is 221 g/mol. The minimum atomic E-state index is -0.145. The maximum atomic E-state index is 10.9. The highest BCUT2D eigenvalue weighted by Gasteiger charge is 1.99. The van der Waals surface area contributed by atoms with E-state index < -0.39 is 0 Å². The van der Waals surface area contributed by atoms with Crippen molar-refractivity contribution in [3.8, 4) is 0 Å². The Bertz CT molecular complexity index is 142. The third-order valence-corrected chi connectivity index (χ3v) is 2.24. The molecule has 0 aliphatic heterocycles. The van der Waals surface area contributed by atoms with Crippen LogP contribution in [0, 0.1) is 0 Å². The first-order chi connectivity index (χ1) is 6.81. The molecule has 0 fully saturated rings. The van der Waals surface area contributed by atoms with Gasteiger partial charge in [0.2, 0.25) is 5.91 Å². The van der Waals surface area contributed by atoms with Gasteiger partial charge in [0.1, 0.15) is 0 Å². The molecular weight excluding hydrogens is 202 g/mol. The predicted octanol–water partition coefficient (Wildman–Crippen LogP) is 3.33. The fourth-order valence-electron chi connectivity index (χ4n) is 1.34. The summed E-state index contributed by atoms with van der Waals surface area (Å²) in [7, 11) is 0. The van der Waals surface area contributed by atoms with Gasteiger partial charge in [-0.25, -0.2) is 5.48 Å². The highest BCUT2D eigenvalue weighted by Crippen LogP contribution is 2.08. The van der Waals surface area contributed by atoms with Crippen molar-refractivity contribution in [1.82, 2.24) is 5.48 Å². The van der Waals surface area contributed by atoms with Gasteiger partial charge >= 0.3 is 0 Å². The lowest BCUT2D eigenvalue weighted by atomic mass is 10.1. The zero-order chi connectivity index (χ0) is 10.6. The van der Waals surface area contributed by atoms with Crippen LogP contribution in [0.4, 0.5) is 0 Å². The number of rotatable bonds is 9. The van der Waals surface area contributed by atoms with Crippen molar-refractivity contribution in [2.24, 2.45) is 0 Å². The molecule has 0 atom stereocenters. The zero-order valence-corrected chi connectivity index (χ0v) is 9.61. The SMILES string of the molecule is CCCCCCCCCC(=O)NOCl. The molecule has 1 amide bonds. The topological polar surface area (TPSA) is 38.3 Å². The predicted molar refractivity (Wildman–Crippen MR) is 57.7 cm³/mol. The Morgan fingerprint density at radius 3 is 2.29 bits per heavy atom. The van der Waals surface area contributed by atoms with Crippen LogP contribution in [0.2, 0.25) is 0 Å². The molecule has 0 heterocycles. The van der Waals surface area contributed by atoms with Crippen LogP contribution in [0.25, 0.3) is 0 Å². The van der Waals surface area contributed by atoms with Crippen molar-refractivity contribution in [3.63, 3.8) is 0 Å². The minimum Gasteiger partial charge on any atom is -0.273 e. The summed E-state index contributed by atoms with van der Waals surface area (Å²) in [5, 5.41) is 0. The van der Waals surface area contributed by atoms with Gasteiger partial charge in [-0.15, -0.1) is 0 Å². The highest BCUT2D eigenvalue weighted by molar-refractivity contribution is 6.07. The summed E-state index contributed by atoms with van der Waals surface area (Å²) in [6.45, 7) is 2.20. The molecule has 0 aromatic carbocycles. The van der Waals surface area contributed by atoms with Crippen molar-refractivity contribution in [1.29, 1.82) is 0 Å². The Morgan fingerprint density at radius 2 is 1.71 bits per heavy atom. The zero-order valence-electron chi connectivity index (χ0n) is 8.85. The number of hydrogen-bond donors (Lipinski definition) is 1. The maximum Gasteiger partial charge on any atom is 0.244 e. The second-order valence-corrected chi connectivity index (χ2v) is 3.63. The molecule has 0 aromatic rings. The van der Waals surface area contributed by atoms with Crippen LogP contribution in [-0.2, 0) is 9.18 Å². The summed E-state index contributed by atoms with van der Waals surface area (Å²) < 4.78 is 3.99. The molecule has 0 aromatic heterocycles. The first kappa shape index (κ1) is 13.7. The standard InChI is InChI=1S/C10H20ClNO2/c1-2-3-4-5-6-7-8-9-10(13)12-14-11/h2-9H2,1H3,(H,12,13). The van der Waals surface area contributed by atoms with E-state index in [1.54, 1.807) is 0 Å². The van der Waals surface area contributed by atoms with Gasteiger partial charge in [0.25, 0.3) is 0 Å². The number of carbonyl (C=O) groups excluding carboxylic acids is 1. The normalized spacial score (nSPS) is 10.1. The van der Waals surface area contributed by atoms with Crippen LogP contribution >= 0.6 is 11.9 Å². The van der Waals surface area contributed by atoms with Gasteiger partial charge in [-0.1, -0.05) is 45.4 Å². The quantitative estimate of drug-likeness (QED) is 0.479. The molecule has 0 aliphatic rings. The van der Waals surface area contributed by atoms with E-state index in [0.29, 0.717) is 6.42 Å². The maximum absolute atomic E-state index is 10.9. The van der Waals surface area contributed by atoms with Crippen LogP contribution in [-0.4, -0.2) is 5.91 Å². The molecule has 0 radical (unpaired) electrons. The number of carbonyl (C=O) groups is 1. The van der Waals surface area contributed by atoms with Crippen molar-refractivity contribution in [3.05, 3.63) is 0 Å². The molecule has 3 nitrogen and oxygen atoms in total. The van der Waals surface area contributed by atoms with Gasteiger partial charge in [-0.05, 0) is 6.42 Å². The van der Waals surface area contributed by atoms with Crippen molar-refractivity contribution >= 4 is 17.8 Å². The van der Waals surface area contributed by atoms with Crippen LogP contribution < -0.4 is 5.48 Å². The lowest BCUT2D eigenvalue weighted by molar-refractivity contribution is -0.127. The lowest BCUT2D eigenvalue weighted by Gasteiger charge is -2.01. The second kappa shape index (κ2) is 10.8. The molecule has 4 heteroatoms. The number of halogens is 1. The van der Waals surface area contributed by atoms with Crippen LogP contribution in [0.1, 0.15) is 58.3 Å². The average molecular weight is 222 g/mol. The summed E-state index contributed by atoms with van der Waals surface area (Å²) in [5.41, 5.74) is 2.08. The number of hydroxylamine groups is 1. The van der Waals surface area contributed by atoms with E-state index >= 15 is 0 Å². The molecular formula is C10H20ClNO2. The number of unbranched alkanes of at least 4 members (excludes halogenated alkanes) is 6. The van der Waals surface area contributed by atoms with Gasteiger partial charge in [-0.3, -0.25) is 4.79 Å². The molecule has 0 spiro atoms. The molecule has 0 saturated heterocycles. The summed E-state index contributed by atoms with van der Waals surface area (Å²) in [5.74, 6) is -0.145. The average Bonchev–Trinajstić information content (AvgIpc) is 2.17. The van der Waals surface area contributed by atoms with Gasteiger partial charge in [-0.2, -0.15) is 4.39 Å². The molecule has 1 N–H and O–H groups in total. The Hall–Kier alpha value is -0.280. The Kier molecular flexibility index (Phi) is 10.6. The van der Waals surface area contributed by atoms with E-state index in [1.165, 1.54) is 32.1 Å². The Labute approximate surface area is 91.3 Å². The first-order valence-electron chi connectivity index (χ1n) is 5.37. The van der Waals surface area contributed by atoms with E-state index in [1.807, 2.05) is 0 Å². The van der Waals surface area contributed by atoms with Gasteiger partial charge in [0, 0.05) is 6.42 Å². The fourth-order valence-corrected chi connectivity index (χ4v) is 1.42. The van der Waals surface area contributed by atoms with Crippen LogP contribution in [0.15, 0.2) is 0 Å². The highest BCUT2D eigenvalue weighted by atomic mass is 35.5. The molecule has 0 aliphatic carbocycles. The summed E-state index contributed by atoms with van der Waals surface area (Å²) in [4.78, 5) is 10.9. The lowest BCUT2D eigenvalue weighted by Crippen LogP contribution is -2.19. The smallest absolute Gasteiger partial charge is 0.244 e. The van der Waals surface area contributed by atoms with Gasteiger partial charge in [0.15, 0.2) is 0 Å². The minimum absolute atomic E-state index is 0.145. The van der Waals surface area contributed by atoms with E-state index in [9.17, 15) is 4.79 Å². The Balaban J connectivity index is 3.01. The first-order valence-corrected chi connectivity index (χ1v) is 5.68. The van der Waals surface area contributed by atoms with Crippen LogP contribution in [0.3, 0.4) is 0 Å². The molecule has 0 rings (SSSR count). The summed E-state index contributed by atoms with van der Waals surface area (Å²) >= 11 is 4.86. The largest absolute Gasteiger partial charge is 0.273 e. The third kappa shape index (κ3) is 9.81. The van der Waals surface area contributed by atoms with Crippen molar-refractivity contribution in [2.45, 2.75) is 58.3 Å². The fraction of sp³-hybridized carbons (Fsp3) is 0.900.